The third-order valence-electron chi connectivity index (χ3n) is 10.4. The first-order valence-electron chi connectivity index (χ1n) is 17.6. The van der Waals surface area contributed by atoms with E-state index in [0.29, 0.717) is 24.3 Å². The van der Waals surface area contributed by atoms with Gasteiger partial charge in [-0.2, -0.15) is 41.6 Å². The number of nitriles is 1. The van der Waals surface area contributed by atoms with E-state index in [-0.39, 0.29) is 50.7 Å². The largest absolute Gasteiger partial charge is 0.490 e. The van der Waals surface area contributed by atoms with Crippen molar-refractivity contribution in [2.24, 2.45) is 0 Å². The first kappa shape index (κ1) is 40.0. The minimum Gasteiger partial charge on any atom is -0.490 e. The normalized spacial score (nSPS) is 18.7. The number of alkyl halides is 6. The zero-order valence-electron chi connectivity index (χ0n) is 30.4. The Labute approximate surface area is 323 Å². The van der Waals surface area contributed by atoms with Crippen molar-refractivity contribution in [3.8, 4) is 29.0 Å². The van der Waals surface area contributed by atoms with Crippen molar-refractivity contribution in [2.75, 3.05) is 50.2 Å². The fourth-order valence-corrected chi connectivity index (χ4v) is 8.89. The number of pyridine rings is 1. The van der Waals surface area contributed by atoms with Gasteiger partial charge in [0.05, 0.1) is 40.4 Å². The van der Waals surface area contributed by atoms with Crippen LogP contribution in [0, 0.1) is 23.0 Å². The summed E-state index contributed by atoms with van der Waals surface area (Å²) in [6.45, 7) is 1.38. The molecule has 0 saturated carbocycles. The molecule has 4 atom stereocenters. The van der Waals surface area contributed by atoms with Gasteiger partial charge in [-0.3, -0.25) is 4.90 Å². The van der Waals surface area contributed by atoms with Crippen LogP contribution in [0.15, 0.2) is 30.5 Å². The highest BCUT2D eigenvalue weighted by molar-refractivity contribution is 7.23. The van der Waals surface area contributed by atoms with Crippen LogP contribution < -0.4 is 25.8 Å². The quantitative estimate of drug-likeness (QED) is 0.139. The second kappa shape index (κ2) is 14.9. The van der Waals surface area contributed by atoms with Crippen LogP contribution in [-0.2, 0) is 10.9 Å². The third kappa shape index (κ3) is 7.16. The maximum Gasteiger partial charge on any atom is 0.420 e. The minimum atomic E-state index is -5.38. The average molecular weight is 823 g/mol. The number of anilines is 3. The van der Waals surface area contributed by atoms with E-state index in [1.807, 2.05) is 11.9 Å². The number of nitrogens with zero attached hydrogens (tertiary/aromatic N) is 6. The number of halogens is 8. The SMILES string of the molecule is CO[C@H]1CCN(C)[C@@H]1[C@H](C)Oc1nc2c3c(c(C(F)(F)F)c(-c4ccc(F)c5sc(N)c(C#N)c45)c(F)c3n1)OCCN2[C@H](CCC(F)(F)F)c1cccnc1N. The number of ether oxygens (including phenoxy) is 3. The van der Waals surface area contributed by atoms with E-state index in [0.717, 1.165) is 12.1 Å². The Morgan fingerprint density at radius 2 is 1.84 bits per heavy atom. The second-order valence-corrected chi connectivity index (χ2v) is 14.8. The van der Waals surface area contributed by atoms with Gasteiger partial charge in [0.15, 0.2) is 5.82 Å². The van der Waals surface area contributed by atoms with E-state index in [2.05, 4.69) is 15.0 Å². The summed E-state index contributed by atoms with van der Waals surface area (Å²) in [6.07, 6.45) is -11.2. The van der Waals surface area contributed by atoms with Gasteiger partial charge in [0.25, 0.3) is 0 Å². The summed E-state index contributed by atoms with van der Waals surface area (Å²) < 4.78 is 138. The molecule has 0 aliphatic carbocycles. The van der Waals surface area contributed by atoms with Crippen molar-refractivity contribution in [3.05, 3.63) is 58.8 Å². The molecule has 1 fully saturated rings. The van der Waals surface area contributed by atoms with Gasteiger partial charge in [0, 0.05) is 42.8 Å². The van der Waals surface area contributed by atoms with Crippen LogP contribution in [0.4, 0.5) is 51.8 Å². The molecule has 0 unspecified atom stereocenters. The molecule has 2 aliphatic rings. The molecule has 11 nitrogen and oxygen atoms in total. The molecule has 1 saturated heterocycles. The van der Waals surface area contributed by atoms with Crippen molar-refractivity contribution in [1.82, 2.24) is 19.9 Å². The zero-order valence-corrected chi connectivity index (χ0v) is 31.2. The summed E-state index contributed by atoms with van der Waals surface area (Å²) in [5.74, 6) is -4.00. The Hall–Kier alpha value is -5.26. The van der Waals surface area contributed by atoms with Gasteiger partial charge < -0.3 is 30.6 Å². The number of rotatable bonds is 9. The molecule has 2 aliphatic heterocycles. The Bertz CT molecular complexity index is 2400. The summed E-state index contributed by atoms with van der Waals surface area (Å²) >= 11 is 0.604. The number of hydrogen-bond donors (Lipinski definition) is 2. The van der Waals surface area contributed by atoms with E-state index >= 15 is 22.0 Å². The maximum absolute atomic E-state index is 17.6. The summed E-state index contributed by atoms with van der Waals surface area (Å²) in [5.41, 5.74) is 7.86. The standard InChI is InChI=1S/C37H34F8N8O3S/c1-16(29-22(54-3)9-12-52(29)2)56-35-50-28-25-30(55-14-13-53(34(25)51-35)21(8-10-36(40,41)42)17-5-4-11-49-32(17)47)26(37(43,44)45)24(27(28)39)18-6-7-20(38)31-23(18)19(15-46)33(48)57-31/h4-7,11,16,21-22,29H,8-10,12-14,48H2,1-3H3,(H2,47,49)/t16-,21+,22-,29+/m0/s1. The number of likely N-dealkylation sites (tertiary alicyclic amines) is 1. The van der Waals surface area contributed by atoms with E-state index < -0.39 is 101 Å². The summed E-state index contributed by atoms with van der Waals surface area (Å²) in [5, 5.41) is 8.77. The number of fused-ring (bicyclic) bond motifs is 1. The molecular formula is C37H34F8N8O3S. The molecule has 4 N–H and O–H groups in total. The van der Waals surface area contributed by atoms with Crippen LogP contribution in [0.1, 0.15) is 48.9 Å². The van der Waals surface area contributed by atoms with E-state index in [1.165, 1.54) is 30.3 Å². The lowest BCUT2D eigenvalue weighted by Gasteiger charge is -2.34. The smallest absolute Gasteiger partial charge is 0.420 e. The number of nitrogen functional groups attached to an aromatic ring is 2. The molecule has 20 heteroatoms. The van der Waals surface area contributed by atoms with Gasteiger partial charge in [-0.05, 0) is 44.5 Å². The predicted molar refractivity (Wildman–Crippen MR) is 196 cm³/mol. The highest BCUT2D eigenvalue weighted by atomic mass is 32.1. The van der Waals surface area contributed by atoms with Crippen LogP contribution in [0.3, 0.4) is 0 Å². The molecule has 302 valence electrons. The van der Waals surface area contributed by atoms with Crippen molar-refractivity contribution < 1.29 is 49.3 Å². The number of aromatic nitrogens is 3. The molecule has 0 spiro atoms. The van der Waals surface area contributed by atoms with Crippen LogP contribution in [-0.4, -0.2) is 78.1 Å². The fraction of sp³-hybridized carbons (Fsp3) is 0.405. The molecule has 0 amide bonds. The Kier molecular flexibility index (Phi) is 10.5. The maximum atomic E-state index is 17.6. The summed E-state index contributed by atoms with van der Waals surface area (Å²) in [7, 11) is 3.35. The Morgan fingerprint density at radius 1 is 1.09 bits per heavy atom. The fourth-order valence-electron chi connectivity index (χ4n) is 7.94. The lowest BCUT2D eigenvalue weighted by Crippen LogP contribution is -2.45. The average Bonchev–Trinajstić information content (AvgIpc) is 3.64. The molecule has 5 heterocycles. The van der Waals surface area contributed by atoms with Crippen LogP contribution in [0.25, 0.3) is 32.1 Å². The van der Waals surface area contributed by atoms with Crippen LogP contribution in [0.2, 0.25) is 0 Å². The summed E-state index contributed by atoms with van der Waals surface area (Å²) in [6, 6.07) is 4.16. The molecule has 7 rings (SSSR count). The molecule has 0 radical (unpaired) electrons. The topological polar surface area (TPSA) is 149 Å². The number of likely N-dealkylation sites (N-methyl/N-ethyl adjacent to an activating group) is 1. The number of benzene rings is 2. The number of thiophene rings is 1. The first-order chi connectivity index (χ1) is 26.9. The Balaban J connectivity index is 1.56. The van der Waals surface area contributed by atoms with Crippen molar-refractivity contribution in [2.45, 2.75) is 62.8 Å². The van der Waals surface area contributed by atoms with Gasteiger partial charge in [0.1, 0.15) is 58.1 Å². The van der Waals surface area contributed by atoms with E-state index in [9.17, 15) is 18.4 Å². The molecule has 5 aromatic rings. The number of hydrogen-bond acceptors (Lipinski definition) is 12. The Morgan fingerprint density at radius 3 is 2.51 bits per heavy atom. The molecule has 3 aromatic heterocycles. The van der Waals surface area contributed by atoms with Crippen molar-refractivity contribution in [1.29, 1.82) is 5.26 Å². The van der Waals surface area contributed by atoms with Gasteiger partial charge in [-0.15, -0.1) is 11.3 Å². The number of methoxy groups -OCH3 is 1. The molecule has 2 aromatic carbocycles. The van der Waals surface area contributed by atoms with Crippen LogP contribution in [0.5, 0.6) is 11.8 Å². The first-order valence-corrected chi connectivity index (χ1v) is 18.4. The molecular weight excluding hydrogens is 789 g/mol. The summed E-state index contributed by atoms with van der Waals surface area (Å²) in [4.78, 5) is 16.1. The van der Waals surface area contributed by atoms with E-state index in [4.69, 9.17) is 25.7 Å². The highest BCUT2D eigenvalue weighted by Gasteiger charge is 2.45. The van der Waals surface area contributed by atoms with Crippen LogP contribution >= 0.6 is 11.3 Å². The third-order valence-corrected chi connectivity index (χ3v) is 11.4. The van der Waals surface area contributed by atoms with Gasteiger partial charge >= 0.3 is 18.4 Å². The second-order valence-electron chi connectivity index (χ2n) is 13.7. The lowest BCUT2D eigenvalue weighted by atomic mass is 9.91. The van der Waals surface area contributed by atoms with Crippen molar-refractivity contribution in [3.63, 3.8) is 0 Å². The van der Waals surface area contributed by atoms with Gasteiger partial charge in [-0.25, -0.2) is 13.8 Å². The highest BCUT2D eigenvalue weighted by Crippen LogP contribution is 2.54. The lowest BCUT2D eigenvalue weighted by molar-refractivity contribution is -0.138. The monoisotopic (exact) mass is 822 g/mol. The predicted octanol–water partition coefficient (Wildman–Crippen LogP) is 8.01. The zero-order chi connectivity index (χ0) is 41.1. The van der Waals surface area contributed by atoms with E-state index in [1.54, 1.807) is 13.0 Å². The molecule has 57 heavy (non-hydrogen) atoms. The molecule has 0 bridgehead atoms. The van der Waals surface area contributed by atoms with Gasteiger partial charge in [-0.1, -0.05) is 12.1 Å². The number of nitrogens with two attached hydrogens (primary N) is 2. The minimum absolute atomic E-state index is 0.101. The van der Waals surface area contributed by atoms with Gasteiger partial charge in [0.2, 0.25) is 0 Å². The van der Waals surface area contributed by atoms with Crippen molar-refractivity contribution >= 4 is 49.0 Å².